The zero-order valence-electron chi connectivity index (χ0n) is 11.7. The van der Waals surface area contributed by atoms with E-state index in [2.05, 4.69) is 0 Å². The minimum Gasteiger partial charge on any atom is -0.456 e. The number of ketones is 1. The van der Waals surface area contributed by atoms with Crippen molar-refractivity contribution in [3.63, 3.8) is 0 Å². The van der Waals surface area contributed by atoms with Gasteiger partial charge in [0.25, 0.3) is 0 Å². The van der Waals surface area contributed by atoms with Gasteiger partial charge >= 0.3 is 5.97 Å². The number of esters is 1. The topological polar surface area (TPSA) is 61.8 Å². The quantitative estimate of drug-likeness (QED) is 0.482. The molecular weight excluding hydrogens is 272 g/mol. The minimum atomic E-state index is -0.465. The molecule has 110 valence electrons. The molecule has 2 aliphatic heterocycles. The van der Waals surface area contributed by atoms with Gasteiger partial charge in [0.15, 0.2) is 11.9 Å². The number of hydrogen-bond acceptors (Lipinski definition) is 5. The van der Waals surface area contributed by atoms with Crippen molar-refractivity contribution in [3.8, 4) is 0 Å². The lowest BCUT2D eigenvalue weighted by atomic mass is 10.0. The second-order valence-corrected chi connectivity index (χ2v) is 5.20. The van der Waals surface area contributed by atoms with Crippen molar-refractivity contribution in [2.75, 3.05) is 6.79 Å². The van der Waals surface area contributed by atoms with Crippen LogP contribution in [0.25, 0.3) is 0 Å². The molecule has 1 aromatic rings. The van der Waals surface area contributed by atoms with E-state index in [1.807, 2.05) is 19.1 Å². The van der Waals surface area contributed by atoms with Crippen LogP contribution in [-0.2, 0) is 19.0 Å². The first-order chi connectivity index (χ1) is 10.1. The second-order valence-electron chi connectivity index (χ2n) is 5.20. The van der Waals surface area contributed by atoms with E-state index < -0.39 is 12.2 Å². The Morgan fingerprint density at radius 2 is 2.00 bits per heavy atom. The van der Waals surface area contributed by atoms with Crippen LogP contribution in [0.4, 0.5) is 0 Å². The number of aryl methyl sites for hydroxylation is 1. The first-order valence-electron chi connectivity index (χ1n) is 6.85. The SMILES string of the molecule is Cc1ccc(C(=O)/C=C/[C@@H]2OCO[C@@H]3CC(=O)O[C@H]23)cc1. The average Bonchev–Trinajstić information content (AvgIpc) is 2.86. The van der Waals surface area contributed by atoms with Gasteiger partial charge < -0.3 is 14.2 Å². The zero-order valence-corrected chi connectivity index (χ0v) is 11.7. The summed E-state index contributed by atoms with van der Waals surface area (Å²) in [5.74, 6) is -0.398. The molecule has 2 aliphatic rings. The molecule has 2 fully saturated rings. The third-order valence-corrected chi connectivity index (χ3v) is 3.64. The lowest BCUT2D eigenvalue weighted by molar-refractivity contribution is -0.202. The first-order valence-corrected chi connectivity index (χ1v) is 6.85. The van der Waals surface area contributed by atoms with Crippen LogP contribution < -0.4 is 0 Å². The summed E-state index contributed by atoms with van der Waals surface area (Å²) in [5.41, 5.74) is 1.72. The molecule has 0 saturated carbocycles. The normalized spacial score (nSPS) is 28.4. The van der Waals surface area contributed by atoms with E-state index in [1.165, 1.54) is 6.08 Å². The fourth-order valence-electron chi connectivity index (χ4n) is 2.45. The van der Waals surface area contributed by atoms with Gasteiger partial charge in [-0.25, -0.2) is 0 Å². The first kappa shape index (κ1) is 14.0. The van der Waals surface area contributed by atoms with Crippen LogP contribution in [0.15, 0.2) is 36.4 Å². The van der Waals surface area contributed by atoms with E-state index in [-0.39, 0.29) is 31.1 Å². The van der Waals surface area contributed by atoms with Crippen molar-refractivity contribution in [3.05, 3.63) is 47.5 Å². The van der Waals surface area contributed by atoms with Gasteiger partial charge in [0.1, 0.15) is 19.0 Å². The lowest BCUT2D eigenvalue weighted by Crippen LogP contribution is -2.42. The van der Waals surface area contributed by atoms with E-state index in [1.54, 1.807) is 18.2 Å². The van der Waals surface area contributed by atoms with Gasteiger partial charge in [-0.15, -0.1) is 0 Å². The van der Waals surface area contributed by atoms with Crippen LogP contribution in [-0.4, -0.2) is 36.9 Å². The monoisotopic (exact) mass is 288 g/mol. The standard InChI is InChI=1S/C16H16O5/c1-10-2-4-11(5-3-10)12(17)6-7-13-16-14(20-9-19-13)8-15(18)21-16/h2-7,13-14,16H,8-9H2,1H3/b7-6+/t13-,14+,16+/m0/s1. The molecule has 0 aromatic heterocycles. The molecule has 2 heterocycles. The van der Waals surface area contributed by atoms with Gasteiger partial charge in [-0.1, -0.05) is 29.8 Å². The van der Waals surface area contributed by atoms with E-state index in [0.717, 1.165) is 5.56 Å². The van der Waals surface area contributed by atoms with E-state index >= 15 is 0 Å². The fraction of sp³-hybridized carbons (Fsp3) is 0.375. The van der Waals surface area contributed by atoms with Crippen LogP contribution in [0.5, 0.6) is 0 Å². The van der Waals surface area contributed by atoms with Crippen LogP contribution in [0.3, 0.4) is 0 Å². The third-order valence-electron chi connectivity index (χ3n) is 3.64. The maximum atomic E-state index is 12.1. The molecule has 0 amide bonds. The molecule has 3 rings (SSSR count). The Hall–Kier alpha value is -1.98. The number of allylic oxidation sites excluding steroid dienone is 1. The Morgan fingerprint density at radius 3 is 2.76 bits per heavy atom. The van der Waals surface area contributed by atoms with Crippen LogP contribution in [0.2, 0.25) is 0 Å². The molecule has 3 atom stereocenters. The molecule has 0 N–H and O–H groups in total. The van der Waals surface area contributed by atoms with Crippen LogP contribution >= 0.6 is 0 Å². The second kappa shape index (κ2) is 5.79. The highest BCUT2D eigenvalue weighted by molar-refractivity contribution is 6.04. The Bertz CT molecular complexity index is 575. The molecule has 5 heteroatoms. The number of fused-ring (bicyclic) bond motifs is 1. The molecule has 0 aliphatic carbocycles. The van der Waals surface area contributed by atoms with E-state index in [0.29, 0.717) is 5.56 Å². The van der Waals surface area contributed by atoms with Crippen LogP contribution in [0, 0.1) is 6.92 Å². The van der Waals surface area contributed by atoms with Crippen LogP contribution in [0.1, 0.15) is 22.3 Å². The highest BCUT2D eigenvalue weighted by Crippen LogP contribution is 2.27. The van der Waals surface area contributed by atoms with Crippen molar-refractivity contribution < 1.29 is 23.8 Å². The number of carbonyl (C=O) groups excluding carboxylic acids is 2. The summed E-state index contributed by atoms with van der Waals surface area (Å²) in [5, 5.41) is 0. The number of hydrogen-bond donors (Lipinski definition) is 0. The Labute approximate surface area is 122 Å². The summed E-state index contributed by atoms with van der Waals surface area (Å²) in [6, 6.07) is 7.35. The molecule has 0 spiro atoms. The minimum absolute atomic E-state index is 0.103. The smallest absolute Gasteiger partial charge is 0.309 e. The maximum absolute atomic E-state index is 12.1. The van der Waals surface area contributed by atoms with Crippen molar-refractivity contribution in [1.29, 1.82) is 0 Å². The number of benzene rings is 1. The van der Waals surface area contributed by atoms with E-state index in [4.69, 9.17) is 14.2 Å². The maximum Gasteiger partial charge on any atom is 0.309 e. The molecule has 0 radical (unpaired) electrons. The molecule has 0 bridgehead atoms. The van der Waals surface area contributed by atoms with Crippen molar-refractivity contribution in [2.24, 2.45) is 0 Å². The van der Waals surface area contributed by atoms with Gasteiger partial charge in [0, 0.05) is 5.56 Å². The predicted octanol–water partition coefficient (Wildman–Crippen LogP) is 1.79. The van der Waals surface area contributed by atoms with Gasteiger partial charge in [0.2, 0.25) is 0 Å². The number of ether oxygens (including phenoxy) is 3. The third kappa shape index (κ3) is 3.04. The van der Waals surface area contributed by atoms with Crippen molar-refractivity contribution in [2.45, 2.75) is 31.7 Å². The lowest BCUT2D eigenvalue weighted by Gasteiger charge is -2.29. The zero-order chi connectivity index (χ0) is 14.8. The molecule has 0 unspecified atom stereocenters. The van der Waals surface area contributed by atoms with Crippen molar-refractivity contribution in [1.82, 2.24) is 0 Å². The summed E-state index contributed by atoms with van der Waals surface area (Å²) in [4.78, 5) is 23.4. The Morgan fingerprint density at radius 1 is 1.24 bits per heavy atom. The highest BCUT2D eigenvalue weighted by atomic mass is 16.7. The van der Waals surface area contributed by atoms with Gasteiger partial charge in [-0.2, -0.15) is 0 Å². The molecule has 21 heavy (non-hydrogen) atoms. The predicted molar refractivity (Wildman–Crippen MR) is 73.8 cm³/mol. The van der Waals surface area contributed by atoms with Gasteiger partial charge in [-0.3, -0.25) is 9.59 Å². The summed E-state index contributed by atoms with van der Waals surface area (Å²) >= 11 is 0. The fourth-order valence-corrected chi connectivity index (χ4v) is 2.45. The summed E-state index contributed by atoms with van der Waals surface area (Å²) in [6.45, 7) is 2.07. The largest absolute Gasteiger partial charge is 0.456 e. The summed E-state index contributed by atoms with van der Waals surface area (Å²) in [6.07, 6.45) is 2.16. The highest BCUT2D eigenvalue weighted by Gasteiger charge is 2.43. The summed E-state index contributed by atoms with van der Waals surface area (Å²) in [7, 11) is 0. The number of rotatable bonds is 3. The Kier molecular flexibility index (Phi) is 3.86. The van der Waals surface area contributed by atoms with Crippen molar-refractivity contribution >= 4 is 11.8 Å². The molecule has 2 saturated heterocycles. The summed E-state index contributed by atoms with van der Waals surface area (Å²) < 4.78 is 15.9. The molecule has 1 aromatic carbocycles. The molecule has 5 nitrogen and oxygen atoms in total. The van der Waals surface area contributed by atoms with E-state index in [9.17, 15) is 9.59 Å². The van der Waals surface area contributed by atoms with Gasteiger partial charge in [-0.05, 0) is 19.1 Å². The average molecular weight is 288 g/mol. The number of carbonyl (C=O) groups is 2. The Balaban J connectivity index is 1.69. The van der Waals surface area contributed by atoms with Gasteiger partial charge in [0.05, 0.1) is 6.42 Å². The molecular formula is C16H16O5.